The van der Waals surface area contributed by atoms with E-state index in [1.54, 1.807) is 18.2 Å². The first-order chi connectivity index (χ1) is 9.65. The summed E-state index contributed by atoms with van der Waals surface area (Å²) >= 11 is 0. The first kappa shape index (κ1) is 14.5. The summed E-state index contributed by atoms with van der Waals surface area (Å²) in [5.74, 6) is -0.560. The van der Waals surface area contributed by atoms with Crippen molar-refractivity contribution < 1.29 is 14.0 Å². The van der Waals surface area contributed by atoms with Crippen LogP contribution >= 0.6 is 0 Å². The van der Waals surface area contributed by atoms with Crippen LogP contribution in [0, 0.1) is 5.82 Å². The van der Waals surface area contributed by atoms with Crippen molar-refractivity contribution in [2.45, 2.75) is 38.1 Å². The van der Waals surface area contributed by atoms with E-state index < -0.39 is 0 Å². The van der Waals surface area contributed by atoms with Crippen molar-refractivity contribution in [1.29, 1.82) is 0 Å². The van der Waals surface area contributed by atoms with Gasteiger partial charge in [0.15, 0.2) is 0 Å². The molecule has 5 heteroatoms. The monoisotopic (exact) mass is 278 g/mol. The molecule has 1 aromatic carbocycles. The molecule has 20 heavy (non-hydrogen) atoms. The fraction of sp³-hybridized carbons (Fsp3) is 0.467. The molecule has 2 rings (SSSR count). The van der Waals surface area contributed by atoms with Crippen LogP contribution < -0.4 is 10.6 Å². The van der Waals surface area contributed by atoms with Gasteiger partial charge in [-0.1, -0.05) is 24.6 Å². The lowest BCUT2D eigenvalue weighted by Crippen LogP contribution is -2.42. The second kappa shape index (κ2) is 7.03. The van der Waals surface area contributed by atoms with Crippen LogP contribution in [0.5, 0.6) is 0 Å². The third-order valence-corrected chi connectivity index (χ3v) is 3.43. The first-order valence-electron chi connectivity index (χ1n) is 6.94. The van der Waals surface area contributed by atoms with Crippen molar-refractivity contribution in [3.8, 4) is 0 Å². The van der Waals surface area contributed by atoms with E-state index in [0.717, 1.165) is 19.3 Å². The van der Waals surface area contributed by atoms with Gasteiger partial charge in [0.25, 0.3) is 0 Å². The van der Waals surface area contributed by atoms with Crippen LogP contribution in [0.3, 0.4) is 0 Å². The number of nitrogens with one attached hydrogen (secondary N) is 2. The van der Waals surface area contributed by atoms with Crippen molar-refractivity contribution in [3.63, 3.8) is 0 Å². The van der Waals surface area contributed by atoms with Crippen LogP contribution in [-0.2, 0) is 16.0 Å². The van der Waals surface area contributed by atoms with Gasteiger partial charge in [0.2, 0.25) is 11.8 Å². The second-order valence-corrected chi connectivity index (χ2v) is 5.08. The lowest BCUT2D eigenvalue weighted by atomic mass is 10.1. The molecule has 2 N–H and O–H groups in total. The van der Waals surface area contributed by atoms with Crippen molar-refractivity contribution in [2.75, 3.05) is 6.54 Å². The molecule has 1 aliphatic heterocycles. The highest BCUT2D eigenvalue weighted by molar-refractivity contribution is 5.79. The SMILES string of the molecule is O=C(Cc1ccccc1F)NCC1CCCCC(=O)N1. The van der Waals surface area contributed by atoms with E-state index in [1.165, 1.54) is 6.07 Å². The van der Waals surface area contributed by atoms with Gasteiger partial charge >= 0.3 is 0 Å². The van der Waals surface area contributed by atoms with E-state index in [-0.39, 0.29) is 30.1 Å². The van der Waals surface area contributed by atoms with E-state index in [9.17, 15) is 14.0 Å². The molecule has 0 radical (unpaired) electrons. The number of hydrogen-bond donors (Lipinski definition) is 2. The summed E-state index contributed by atoms with van der Waals surface area (Å²) in [6.45, 7) is 0.402. The predicted molar refractivity (Wildman–Crippen MR) is 73.5 cm³/mol. The van der Waals surface area contributed by atoms with Crippen LogP contribution in [-0.4, -0.2) is 24.4 Å². The molecule has 1 heterocycles. The standard InChI is InChI=1S/C15H19FN2O2/c16-13-7-3-1-5-11(13)9-15(20)17-10-12-6-2-4-8-14(19)18-12/h1,3,5,7,12H,2,4,6,8-10H2,(H,17,20)(H,18,19). The Morgan fingerprint density at radius 3 is 2.95 bits per heavy atom. The lowest BCUT2D eigenvalue weighted by Gasteiger charge is -2.16. The third kappa shape index (κ3) is 4.33. The predicted octanol–water partition coefficient (Wildman–Crippen LogP) is 1.54. The summed E-state index contributed by atoms with van der Waals surface area (Å²) in [6, 6.07) is 6.22. The normalized spacial score (nSPS) is 19.1. The van der Waals surface area contributed by atoms with E-state index in [4.69, 9.17) is 0 Å². The molecule has 0 aromatic heterocycles. The highest BCUT2D eigenvalue weighted by atomic mass is 19.1. The summed E-state index contributed by atoms with van der Waals surface area (Å²) < 4.78 is 13.4. The van der Waals surface area contributed by atoms with Crippen LogP contribution in [0.4, 0.5) is 4.39 Å². The molecule has 1 aromatic rings. The zero-order valence-electron chi connectivity index (χ0n) is 11.3. The third-order valence-electron chi connectivity index (χ3n) is 3.43. The first-order valence-corrected chi connectivity index (χ1v) is 6.94. The summed E-state index contributed by atoms with van der Waals surface area (Å²) in [7, 11) is 0. The Bertz CT molecular complexity index is 491. The van der Waals surface area contributed by atoms with E-state index in [2.05, 4.69) is 10.6 Å². The average Bonchev–Trinajstić information content (AvgIpc) is 2.63. The molecule has 1 atom stereocenters. The Morgan fingerprint density at radius 1 is 1.35 bits per heavy atom. The molecule has 1 fully saturated rings. The number of carbonyl (C=O) groups excluding carboxylic acids is 2. The van der Waals surface area contributed by atoms with Gasteiger partial charge in [-0.15, -0.1) is 0 Å². The molecule has 1 aliphatic rings. The number of carbonyl (C=O) groups is 2. The van der Waals surface area contributed by atoms with E-state index in [1.807, 2.05) is 0 Å². The minimum atomic E-state index is -0.370. The van der Waals surface area contributed by atoms with Crippen molar-refractivity contribution in [3.05, 3.63) is 35.6 Å². The molecule has 0 aliphatic carbocycles. The smallest absolute Gasteiger partial charge is 0.224 e. The van der Waals surface area contributed by atoms with Crippen molar-refractivity contribution >= 4 is 11.8 Å². The molecule has 0 bridgehead atoms. The van der Waals surface area contributed by atoms with Gasteiger partial charge in [-0.05, 0) is 24.5 Å². The van der Waals surface area contributed by atoms with Gasteiger partial charge in [0.05, 0.1) is 6.42 Å². The summed E-state index contributed by atoms with van der Waals surface area (Å²) in [5.41, 5.74) is 0.384. The molecular weight excluding hydrogens is 259 g/mol. The lowest BCUT2D eigenvalue weighted by molar-refractivity contribution is -0.123. The summed E-state index contributed by atoms with van der Waals surface area (Å²) in [6.07, 6.45) is 3.32. The van der Waals surface area contributed by atoms with Crippen LogP contribution in [0.15, 0.2) is 24.3 Å². The van der Waals surface area contributed by atoms with Gasteiger partial charge in [0.1, 0.15) is 5.82 Å². The molecular formula is C15H19FN2O2. The van der Waals surface area contributed by atoms with Gasteiger partial charge in [-0.25, -0.2) is 4.39 Å². The van der Waals surface area contributed by atoms with Crippen molar-refractivity contribution in [2.24, 2.45) is 0 Å². The van der Waals surface area contributed by atoms with Crippen LogP contribution in [0.1, 0.15) is 31.2 Å². The highest BCUT2D eigenvalue weighted by Gasteiger charge is 2.17. The topological polar surface area (TPSA) is 58.2 Å². The molecule has 4 nitrogen and oxygen atoms in total. The van der Waals surface area contributed by atoms with Gasteiger partial charge in [-0.3, -0.25) is 9.59 Å². The summed E-state index contributed by atoms with van der Waals surface area (Å²) in [5, 5.41) is 5.64. The average molecular weight is 278 g/mol. The second-order valence-electron chi connectivity index (χ2n) is 5.08. The maximum absolute atomic E-state index is 13.4. The highest BCUT2D eigenvalue weighted by Crippen LogP contribution is 2.09. The maximum Gasteiger partial charge on any atom is 0.224 e. The molecule has 108 valence electrons. The van der Waals surface area contributed by atoms with Crippen LogP contribution in [0.2, 0.25) is 0 Å². The van der Waals surface area contributed by atoms with Crippen LogP contribution in [0.25, 0.3) is 0 Å². The fourth-order valence-corrected chi connectivity index (χ4v) is 2.32. The quantitative estimate of drug-likeness (QED) is 0.878. The molecule has 0 saturated carbocycles. The zero-order chi connectivity index (χ0) is 14.4. The molecule has 1 unspecified atom stereocenters. The van der Waals surface area contributed by atoms with Crippen molar-refractivity contribution in [1.82, 2.24) is 10.6 Å². The zero-order valence-corrected chi connectivity index (χ0v) is 11.3. The summed E-state index contributed by atoms with van der Waals surface area (Å²) in [4.78, 5) is 23.2. The number of hydrogen-bond acceptors (Lipinski definition) is 2. The van der Waals surface area contributed by atoms with Gasteiger partial charge < -0.3 is 10.6 Å². The fourth-order valence-electron chi connectivity index (χ4n) is 2.32. The number of amides is 2. The Hall–Kier alpha value is -1.91. The largest absolute Gasteiger partial charge is 0.354 e. The van der Waals surface area contributed by atoms with E-state index in [0.29, 0.717) is 18.5 Å². The Morgan fingerprint density at radius 2 is 2.15 bits per heavy atom. The van der Waals surface area contributed by atoms with Gasteiger partial charge in [-0.2, -0.15) is 0 Å². The minimum absolute atomic E-state index is 0.0189. The maximum atomic E-state index is 13.4. The number of halogens is 1. The van der Waals surface area contributed by atoms with E-state index >= 15 is 0 Å². The molecule has 0 spiro atoms. The Kier molecular flexibility index (Phi) is 5.09. The molecule has 1 saturated heterocycles. The van der Waals surface area contributed by atoms with Gasteiger partial charge in [0, 0.05) is 19.0 Å². The minimum Gasteiger partial charge on any atom is -0.354 e. The molecule has 2 amide bonds. The number of rotatable bonds is 4. The Balaban J connectivity index is 1.80. The Labute approximate surface area is 117 Å². The number of benzene rings is 1.